The van der Waals surface area contributed by atoms with Gasteiger partial charge in [0.25, 0.3) is 5.82 Å². The van der Waals surface area contributed by atoms with Crippen molar-refractivity contribution in [1.82, 2.24) is 19.8 Å². The number of rotatable bonds is 3. The highest BCUT2D eigenvalue weighted by Crippen LogP contribution is 2.32. The first-order chi connectivity index (χ1) is 8.25. The van der Waals surface area contributed by atoms with Gasteiger partial charge in [0.15, 0.2) is 0 Å². The quantitative estimate of drug-likeness (QED) is 0.935. The van der Waals surface area contributed by atoms with E-state index in [9.17, 15) is 13.2 Å². The lowest BCUT2D eigenvalue weighted by Crippen LogP contribution is -2.32. The topological polar surface area (TPSA) is 69.1 Å². The molecule has 2 aromatic heterocycles. The molecule has 0 aliphatic heterocycles. The molecule has 2 heterocycles. The van der Waals surface area contributed by atoms with E-state index >= 15 is 0 Å². The van der Waals surface area contributed by atoms with Crippen LogP contribution in [-0.4, -0.2) is 19.8 Å². The van der Waals surface area contributed by atoms with E-state index in [-0.39, 0.29) is 4.96 Å². The van der Waals surface area contributed by atoms with Crippen LogP contribution in [0.3, 0.4) is 0 Å². The van der Waals surface area contributed by atoms with Gasteiger partial charge < -0.3 is 5.73 Å². The largest absolute Gasteiger partial charge is 0.453 e. The highest BCUT2D eigenvalue weighted by molar-refractivity contribution is 7.16. The van der Waals surface area contributed by atoms with Crippen molar-refractivity contribution in [3.63, 3.8) is 0 Å². The van der Waals surface area contributed by atoms with Gasteiger partial charge in [-0.1, -0.05) is 24.7 Å². The summed E-state index contributed by atoms with van der Waals surface area (Å²) in [6, 6.07) is 0. The Morgan fingerprint density at radius 1 is 1.33 bits per heavy atom. The molecule has 100 valence electrons. The average Bonchev–Trinajstić information content (AvgIpc) is 2.72. The molecule has 0 amide bonds. The predicted octanol–water partition coefficient (Wildman–Crippen LogP) is 2.18. The summed E-state index contributed by atoms with van der Waals surface area (Å²) in [5, 5.41) is 10.9. The third-order valence-corrected chi connectivity index (χ3v) is 3.68. The number of nitrogens with two attached hydrogens (primary N) is 1. The molecule has 0 spiro atoms. The maximum absolute atomic E-state index is 12.6. The highest BCUT2D eigenvalue weighted by Gasteiger charge is 2.39. The zero-order chi connectivity index (χ0) is 13.6. The number of halogens is 3. The Kier molecular flexibility index (Phi) is 3.06. The standard InChI is InChI=1S/C9H12F3N5S/c1-3-4-8(2,13)6-16-17-5(9(10,11)12)14-15-7(17)18-6/h3-4,13H2,1-2H3. The van der Waals surface area contributed by atoms with Crippen LogP contribution in [0.25, 0.3) is 4.96 Å². The fourth-order valence-corrected chi connectivity index (χ4v) is 2.58. The Morgan fingerprint density at radius 2 is 2.00 bits per heavy atom. The molecule has 2 rings (SSSR count). The maximum Gasteiger partial charge on any atom is 0.453 e. The monoisotopic (exact) mass is 279 g/mol. The van der Waals surface area contributed by atoms with Crippen molar-refractivity contribution in [2.24, 2.45) is 5.73 Å². The normalized spacial score (nSPS) is 16.1. The summed E-state index contributed by atoms with van der Waals surface area (Å²) in [6.45, 7) is 3.70. The van der Waals surface area contributed by atoms with Crippen LogP contribution in [0.1, 0.15) is 37.5 Å². The molecule has 1 atom stereocenters. The van der Waals surface area contributed by atoms with Gasteiger partial charge in [0.2, 0.25) is 4.96 Å². The summed E-state index contributed by atoms with van der Waals surface area (Å²) in [5.74, 6) is -1.12. The number of nitrogens with zero attached hydrogens (tertiary/aromatic N) is 4. The summed E-state index contributed by atoms with van der Waals surface area (Å²) in [5.41, 5.74) is 5.29. The first-order valence-electron chi connectivity index (χ1n) is 5.34. The van der Waals surface area contributed by atoms with Gasteiger partial charge in [-0.3, -0.25) is 0 Å². The van der Waals surface area contributed by atoms with Crippen molar-refractivity contribution in [2.75, 3.05) is 0 Å². The van der Waals surface area contributed by atoms with Gasteiger partial charge in [-0.05, 0) is 13.3 Å². The lowest BCUT2D eigenvalue weighted by Gasteiger charge is -2.19. The molecule has 0 aromatic carbocycles. The molecule has 0 fully saturated rings. The Bertz CT molecular complexity index is 556. The molecule has 9 heteroatoms. The van der Waals surface area contributed by atoms with Gasteiger partial charge in [0.05, 0.1) is 5.54 Å². The molecule has 0 bridgehead atoms. The SMILES string of the molecule is CCCC(C)(N)c1nn2c(C(F)(F)F)nnc2s1. The molecule has 2 N–H and O–H groups in total. The summed E-state index contributed by atoms with van der Waals surface area (Å²) in [6.07, 6.45) is -3.11. The Balaban J connectivity index is 2.49. The van der Waals surface area contributed by atoms with Crippen LogP contribution in [0.5, 0.6) is 0 Å². The first-order valence-corrected chi connectivity index (χ1v) is 6.16. The molecule has 5 nitrogen and oxygen atoms in total. The van der Waals surface area contributed by atoms with Crippen molar-refractivity contribution >= 4 is 16.3 Å². The van der Waals surface area contributed by atoms with Crippen LogP contribution >= 0.6 is 11.3 Å². The molecule has 0 saturated heterocycles. The fourth-order valence-electron chi connectivity index (χ4n) is 1.65. The summed E-state index contributed by atoms with van der Waals surface area (Å²) < 4.78 is 38.6. The van der Waals surface area contributed by atoms with E-state index in [0.29, 0.717) is 15.9 Å². The van der Waals surface area contributed by atoms with Crippen molar-refractivity contribution in [3.05, 3.63) is 10.8 Å². The second kappa shape index (κ2) is 4.16. The molecule has 1 unspecified atom stereocenters. The lowest BCUT2D eigenvalue weighted by atomic mass is 9.99. The van der Waals surface area contributed by atoms with Crippen molar-refractivity contribution in [3.8, 4) is 0 Å². The number of hydrogen-bond acceptors (Lipinski definition) is 5. The average molecular weight is 279 g/mol. The lowest BCUT2D eigenvalue weighted by molar-refractivity contribution is -0.146. The number of alkyl halides is 3. The minimum absolute atomic E-state index is 0.102. The van der Waals surface area contributed by atoms with Gasteiger partial charge in [-0.15, -0.1) is 10.2 Å². The van der Waals surface area contributed by atoms with Gasteiger partial charge in [0, 0.05) is 0 Å². The van der Waals surface area contributed by atoms with Crippen molar-refractivity contribution in [1.29, 1.82) is 0 Å². The molecule has 0 saturated carbocycles. The Morgan fingerprint density at radius 3 is 2.56 bits per heavy atom. The second-order valence-corrected chi connectivity index (χ2v) is 5.25. The van der Waals surface area contributed by atoms with E-state index in [1.807, 2.05) is 6.92 Å². The highest BCUT2D eigenvalue weighted by atomic mass is 32.1. The van der Waals surface area contributed by atoms with Gasteiger partial charge in [0.1, 0.15) is 5.01 Å². The van der Waals surface area contributed by atoms with Crippen LogP contribution in [0.15, 0.2) is 0 Å². The summed E-state index contributed by atoms with van der Waals surface area (Å²) in [7, 11) is 0. The van der Waals surface area contributed by atoms with Crippen LogP contribution in [-0.2, 0) is 11.7 Å². The van der Waals surface area contributed by atoms with E-state index in [1.165, 1.54) is 0 Å². The smallest absolute Gasteiger partial charge is 0.320 e. The minimum Gasteiger partial charge on any atom is -0.320 e. The third kappa shape index (κ3) is 2.19. The van der Waals surface area contributed by atoms with Gasteiger partial charge in [-0.25, -0.2) is 0 Å². The molecule has 0 aliphatic rings. The molecule has 2 aromatic rings. The van der Waals surface area contributed by atoms with E-state index in [2.05, 4.69) is 15.3 Å². The summed E-state index contributed by atoms with van der Waals surface area (Å²) in [4.78, 5) is 0.102. The van der Waals surface area contributed by atoms with Gasteiger partial charge >= 0.3 is 6.18 Å². The number of aromatic nitrogens is 4. The minimum atomic E-state index is -4.57. The Labute approximate surface area is 105 Å². The number of fused-ring (bicyclic) bond motifs is 1. The zero-order valence-electron chi connectivity index (χ0n) is 9.82. The van der Waals surface area contributed by atoms with Crippen LogP contribution in [0, 0.1) is 0 Å². The Hall–Kier alpha value is -1.22. The molecule has 0 radical (unpaired) electrons. The fraction of sp³-hybridized carbons (Fsp3) is 0.667. The van der Waals surface area contributed by atoms with E-state index in [0.717, 1.165) is 17.8 Å². The predicted molar refractivity (Wildman–Crippen MR) is 60.1 cm³/mol. The van der Waals surface area contributed by atoms with Crippen LogP contribution in [0.2, 0.25) is 0 Å². The van der Waals surface area contributed by atoms with E-state index < -0.39 is 17.5 Å². The second-order valence-electron chi connectivity index (χ2n) is 4.29. The molecular weight excluding hydrogens is 267 g/mol. The molecule has 0 aliphatic carbocycles. The summed E-state index contributed by atoms with van der Waals surface area (Å²) >= 11 is 1.03. The zero-order valence-corrected chi connectivity index (χ0v) is 10.6. The van der Waals surface area contributed by atoms with Gasteiger partial charge in [-0.2, -0.15) is 22.8 Å². The molecule has 18 heavy (non-hydrogen) atoms. The van der Waals surface area contributed by atoms with Crippen LogP contribution in [0.4, 0.5) is 13.2 Å². The van der Waals surface area contributed by atoms with Crippen molar-refractivity contribution < 1.29 is 13.2 Å². The van der Waals surface area contributed by atoms with Crippen LogP contribution < -0.4 is 5.73 Å². The third-order valence-electron chi connectivity index (χ3n) is 2.50. The van der Waals surface area contributed by atoms with E-state index in [4.69, 9.17) is 5.73 Å². The van der Waals surface area contributed by atoms with E-state index in [1.54, 1.807) is 6.92 Å². The number of hydrogen-bond donors (Lipinski definition) is 1. The maximum atomic E-state index is 12.6. The first kappa shape index (κ1) is 13.2. The van der Waals surface area contributed by atoms with Crippen molar-refractivity contribution in [2.45, 2.75) is 38.4 Å². The molecular formula is C9H12F3N5S.